The second kappa shape index (κ2) is 5.27. The Labute approximate surface area is 108 Å². The summed E-state index contributed by atoms with van der Waals surface area (Å²) in [5, 5.41) is 3.30. The molecule has 1 unspecified atom stereocenters. The number of aryl methyl sites for hydroxylation is 1. The maximum Gasteiger partial charge on any atom is 0.127 e. The van der Waals surface area contributed by atoms with Gasteiger partial charge in [0.1, 0.15) is 5.75 Å². The molecule has 18 heavy (non-hydrogen) atoms. The minimum absolute atomic E-state index is 0.0815. The fourth-order valence-electron chi connectivity index (χ4n) is 2.25. The summed E-state index contributed by atoms with van der Waals surface area (Å²) in [6, 6.07) is 6.28. The number of methoxy groups -OCH3 is 1. The normalized spacial score (nSPS) is 12.4. The molecule has 0 bridgehead atoms. The zero-order valence-corrected chi connectivity index (χ0v) is 11.3. The van der Waals surface area contributed by atoms with Crippen LogP contribution in [0, 0.1) is 13.8 Å². The number of rotatable bonds is 4. The van der Waals surface area contributed by atoms with Crippen LogP contribution in [0.15, 0.2) is 35.1 Å². The lowest BCUT2D eigenvalue weighted by Crippen LogP contribution is -2.18. The lowest BCUT2D eigenvalue weighted by molar-refractivity contribution is 0.401. The van der Waals surface area contributed by atoms with Crippen molar-refractivity contribution in [3.05, 3.63) is 53.0 Å². The first-order valence-electron chi connectivity index (χ1n) is 6.02. The first-order valence-corrected chi connectivity index (χ1v) is 6.02. The van der Waals surface area contributed by atoms with Crippen molar-refractivity contribution in [2.75, 3.05) is 14.2 Å². The minimum atomic E-state index is 0.0815. The maximum absolute atomic E-state index is 5.57. The van der Waals surface area contributed by atoms with Crippen molar-refractivity contribution in [1.29, 1.82) is 0 Å². The molecule has 0 spiro atoms. The van der Waals surface area contributed by atoms with Gasteiger partial charge in [-0.25, -0.2) is 0 Å². The van der Waals surface area contributed by atoms with Crippen molar-refractivity contribution < 1.29 is 9.15 Å². The lowest BCUT2D eigenvalue weighted by atomic mass is 9.96. The SMILES string of the molecule is CNC(c1ccoc1)c1ccc(C)c(C)c1OC. The number of nitrogens with one attached hydrogen (secondary N) is 1. The zero-order valence-electron chi connectivity index (χ0n) is 11.3. The molecule has 0 radical (unpaired) electrons. The Morgan fingerprint density at radius 3 is 2.56 bits per heavy atom. The summed E-state index contributed by atoms with van der Waals surface area (Å²) in [5.41, 5.74) is 4.64. The highest BCUT2D eigenvalue weighted by Gasteiger charge is 2.19. The van der Waals surface area contributed by atoms with E-state index in [0.717, 1.165) is 16.9 Å². The fraction of sp³-hybridized carbons (Fsp3) is 0.333. The van der Waals surface area contributed by atoms with Crippen LogP contribution >= 0.6 is 0 Å². The third-order valence-corrected chi connectivity index (χ3v) is 3.39. The van der Waals surface area contributed by atoms with Gasteiger partial charge in [-0.2, -0.15) is 0 Å². The molecule has 1 aromatic heterocycles. The summed E-state index contributed by atoms with van der Waals surface area (Å²) in [6.45, 7) is 4.17. The van der Waals surface area contributed by atoms with Gasteiger partial charge in [-0.15, -0.1) is 0 Å². The van der Waals surface area contributed by atoms with Gasteiger partial charge in [0.05, 0.1) is 25.7 Å². The lowest BCUT2D eigenvalue weighted by Gasteiger charge is -2.20. The Bertz CT molecular complexity index is 518. The molecule has 1 aromatic carbocycles. The van der Waals surface area contributed by atoms with Gasteiger partial charge in [0.15, 0.2) is 0 Å². The van der Waals surface area contributed by atoms with Crippen molar-refractivity contribution in [1.82, 2.24) is 5.32 Å². The van der Waals surface area contributed by atoms with Crippen LogP contribution in [-0.4, -0.2) is 14.2 Å². The molecule has 2 aromatic rings. The van der Waals surface area contributed by atoms with Crippen molar-refractivity contribution in [3.63, 3.8) is 0 Å². The Morgan fingerprint density at radius 1 is 1.22 bits per heavy atom. The highest BCUT2D eigenvalue weighted by Crippen LogP contribution is 2.34. The molecule has 0 amide bonds. The smallest absolute Gasteiger partial charge is 0.127 e. The van der Waals surface area contributed by atoms with E-state index in [2.05, 4.69) is 31.3 Å². The van der Waals surface area contributed by atoms with Gasteiger partial charge in [0.25, 0.3) is 0 Å². The van der Waals surface area contributed by atoms with Crippen molar-refractivity contribution in [3.8, 4) is 5.75 Å². The average Bonchev–Trinajstić information content (AvgIpc) is 2.89. The second-order valence-corrected chi connectivity index (χ2v) is 4.41. The molecule has 3 heteroatoms. The van der Waals surface area contributed by atoms with E-state index in [1.807, 2.05) is 13.1 Å². The number of hydrogen-bond donors (Lipinski definition) is 1. The van der Waals surface area contributed by atoms with Gasteiger partial charge in [0.2, 0.25) is 0 Å². The first kappa shape index (κ1) is 12.7. The van der Waals surface area contributed by atoms with Crippen molar-refractivity contribution >= 4 is 0 Å². The summed E-state index contributed by atoms with van der Waals surface area (Å²) in [4.78, 5) is 0. The van der Waals surface area contributed by atoms with Crippen molar-refractivity contribution in [2.24, 2.45) is 0 Å². The van der Waals surface area contributed by atoms with Crippen LogP contribution in [0.4, 0.5) is 0 Å². The van der Waals surface area contributed by atoms with Gasteiger partial charge in [0, 0.05) is 11.1 Å². The average molecular weight is 245 g/mol. The maximum atomic E-state index is 5.57. The topological polar surface area (TPSA) is 34.4 Å². The van der Waals surface area contributed by atoms with E-state index in [1.54, 1.807) is 19.6 Å². The van der Waals surface area contributed by atoms with E-state index >= 15 is 0 Å². The van der Waals surface area contributed by atoms with E-state index in [0.29, 0.717) is 0 Å². The van der Waals surface area contributed by atoms with E-state index in [4.69, 9.17) is 9.15 Å². The van der Waals surface area contributed by atoms with E-state index in [9.17, 15) is 0 Å². The summed E-state index contributed by atoms with van der Waals surface area (Å²) in [5.74, 6) is 0.940. The third kappa shape index (κ3) is 2.14. The molecule has 1 N–H and O–H groups in total. The predicted molar refractivity (Wildman–Crippen MR) is 72.1 cm³/mol. The van der Waals surface area contributed by atoms with Crippen molar-refractivity contribution in [2.45, 2.75) is 19.9 Å². The molecule has 0 fully saturated rings. The van der Waals surface area contributed by atoms with Crippen LogP contribution in [0.1, 0.15) is 28.3 Å². The van der Waals surface area contributed by atoms with Crippen LogP contribution in [-0.2, 0) is 0 Å². The molecule has 1 heterocycles. The van der Waals surface area contributed by atoms with Gasteiger partial charge in [-0.1, -0.05) is 12.1 Å². The molecule has 2 rings (SSSR count). The van der Waals surface area contributed by atoms with Gasteiger partial charge in [-0.05, 0) is 38.1 Å². The van der Waals surface area contributed by atoms with Crippen LogP contribution in [0.3, 0.4) is 0 Å². The highest BCUT2D eigenvalue weighted by molar-refractivity contribution is 5.49. The first-order chi connectivity index (χ1) is 8.69. The Morgan fingerprint density at radius 2 is 2.00 bits per heavy atom. The van der Waals surface area contributed by atoms with Crippen LogP contribution < -0.4 is 10.1 Å². The van der Waals surface area contributed by atoms with E-state index in [-0.39, 0.29) is 6.04 Å². The summed E-state index contributed by atoms with van der Waals surface area (Å²) >= 11 is 0. The molecular formula is C15H19NO2. The number of ether oxygens (including phenoxy) is 1. The van der Waals surface area contributed by atoms with Gasteiger partial charge >= 0.3 is 0 Å². The van der Waals surface area contributed by atoms with Gasteiger partial charge in [-0.3, -0.25) is 0 Å². The molecule has 0 aliphatic rings. The third-order valence-electron chi connectivity index (χ3n) is 3.39. The van der Waals surface area contributed by atoms with E-state index < -0.39 is 0 Å². The van der Waals surface area contributed by atoms with Gasteiger partial charge < -0.3 is 14.5 Å². The summed E-state index contributed by atoms with van der Waals surface area (Å²) < 4.78 is 10.7. The Kier molecular flexibility index (Phi) is 3.72. The minimum Gasteiger partial charge on any atom is -0.496 e. The Hall–Kier alpha value is -1.74. The number of furan rings is 1. The highest BCUT2D eigenvalue weighted by atomic mass is 16.5. The zero-order chi connectivity index (χ0) is 13.1. The molecule has 0 aliphatic heterocycles. The number of benzene rings is 1. The molecule has 96 valence electrons. The molecule has 1 atom stereocenters. The van der Waals surface area contributed by atoms with Crippen LogP contribution in [0.2, 0.25) is 0 Å². The standard InChI is InChI=1S/C15H19NO2/c1-10-5-6-13(15(17-4)11(10)2)14(16-3)12-7-8-18-9-12/h5-9,14,16H,1-4H3. The monoisotopic (exact) mass is 245 g/mol. The fourth-order valence-corrected chi connectivity index (χ4v) is 2.25. The summed E-state index contributed by atoms with van der Waals surface area (Å²) in [7, 11) is 3.65. The summed E-state index contributed by atoms with van der Waals surface area (Å²) in [6.07, 6.45) is 3.45. The Balaban J connectivity index is 2.52. The molecule has 3 nitrogen and oxygen atoms in total. The molecular weight excluding hydrogens is 226 g/mol. The molecule has 0 saturated carbocycles. The molecule has 0 saturated heterocycles. The quantitative estimate of drug-likeness (QED) is 0.898. The van der Waals surface area contributed by atoms with Crippen LogP contribution in [0.25, 0.3) is 0 Å². The second-order valence-electron chi connectivity index (χ2n) is 4.41. The predicted octanol–water partition coefficient (Wildman–Crippen LogP) is 3.21. The number of hydrogen-bond acceptors (Lipinski definition) is 3. The van der Waals surface area contributed by atoms with Crippen LogP contribution in [0.5, 0.6) is 5.75 Å². The van der Waals surface area contributed by atoms with E-state index in [1.165, 1.54) is 11.1 Å². The molecule has 0 aliphatic carbocycles. The largest absolute Gasteiger partial charge is 0.496 e.